The SMILES string of the molecule is CC(C)NC(=O)N1CCC[C@]2(C(=O)NCC3CC3)CN(c3ccccn3)C[C@@H]2C1.O=C(O)C(F)(F)F. The highest BCUT2D eigenvalue weighted by Gasteiger charge is 2.53. The first kappa shape index (κ1) is 27.5. The van der Waals surface area contributed by atoms with Crippen molar-refractivity contribution in [3.63, 3.8) is 0 Å². The first-order chi connectivity index (χ1) is 16.9. The van der Waals surface area contributed by atoms with Crippen LogP contribution in [-0.2, 0) is 9.59 Å². The standard InChI is InChI=1S/C22H33N5O2.C2HF3O2/c1-16(2)25-21(29)26-11-5-9-22(20(28)24-12-17-7-8-17)15-27(14-18(22)13-26)19-6-3-4-10-23-19;3-2(4,5)1(6)7/h3-4,6,10,16-18H,5,7-9,11-15H2,1-2H3,(H,24,28)(H,25,29);(H,6,7)/t18-,22-;/m0./s1. The molecule has 0 bridgehead atoms. The van der Waals surface area contributed by atoms with E-state index in [0.29, 0.717) is 25.6 Å². The number of carbonyl (C=O) groups excluding carboxylic acids is 2. The molecule has 2 saturated heterocycles. The molecular weight excluding hydrogens is 479 g/mol. The lowest BCUT2D eigenvalue weighted by Crippen LogP contribution is -2.50. The molecule has 12 heteroatoms. The summed E-state index contributed by atoms with van der Waals surface area (Å²) in [5, 5.41) is 13.4. The molecule has 3 amide bonds. The van der Waals surface area contributed by atoms with Gasteiger partial charge in [0.25, 0.3) is 0 Å². The van der Waals surface area contributed by atoms with E-state index in [1.54, 1.807) is 6.20 Å². The van der Waals surface area contributed by atoms with Crippen LogP contribution in [0.1, 0.15) is 39.5 Å². The van der Waals surface area contributed by atoms with Crippen molar-refractivity contribution in [1.82, 2.24) is 20.5 Å². The summed E-state index contributed by atoms with van der Waals surface area (Å²) < 4.78 is 31.7. The molecule has 1 aliphatic carbocycles. The second-order valence-electron chi connectivity index (χ2n) is 10.0. The largest absolute Gasteiger partial charge is 0.490 e. The van der Waals surface area contributed by atoms with Crippen molar-refractivity contribution >= 4 is 23.7 Å². The molecular formula is C24H34F3N5O4. The third-order valence-corrected chi connectivity index (χ3v) is 6.80. The molecule has 3 fully saturated rings. The highest BCUT2D eigenvalue weighted by Crippen LogP contribution is 2.44. The van der Waals surface area contributed by atoms with Gasteiger partial charge >= 0.3 is 18.2 Å². The normalized spacial score (nSPS) is 23.8. The van der Waals surface area contributed by atoms with Crippen LogP contribution in [0.25, 0.3) is 0 Å². The maximum absolute atomic E-state index is 13.4. The summed E-state index contributed by atoms with van der Waals surface area (Å²) in [5.41, 5.74) is -0.459. The Kier molecular flexibility index (Phi) is 8.67. The summed E-state index contributed by atoms with van der Waals surface area (Å²) in [6.45, 7) is 7.47. The molecule has 2 atom stereocenters. The lowest BCUT2D eigenvalue weighted by molar-refractivity contribution is -0.192. The van der Waals surface area contributed by atoms with E-state index in [-0.39, 0.29) is 23.9 Å². The van der Waals surface area contributed by atoms with Gasteiger partial charge in [-0.05, 0) is 57.6 Å². The van der Waals surface area contributed by atoms with Crippen LogP contribution in [0.15, 0.2) is 24.4 Å². The number of hydrogen-bond donors (Lipinski definition) is 3. The van der Waals surface area contributed by atoms with Crippen molar-refractivity contribution in [3.8, 4) is 0 Å². The molecule has 36 heavy (non-hydrogen) atoms. The van der Waals surface area contributed by atoms with Crippen molar-refractivity contribution in [2.75, 3.05) is 37.6 Å². The Labute approximate surface area is 208 Å². The second-order valence-corrected chi connectivity index (χ2v) is 10.0. The molecule has 3 aliphatic rings. The maximum Gasteiger partial charge on any atom is 0.490 e. The van der Waals surface area contributed by atoms with Crippen LogP contribution in [0, 0.1) is 17.3 Å². The van der Waals surface area contributed by atoms with E-state index in [4.69, 9.17) is 9.90 Å². The van der Waals surface area contributed by atoms with Crippen molar-refractivity contribution in [3.05, 3.63) is 24.4 Å². The van der Waals surface area contributed by atoms with Gasteiger partial charge < -0.3 is 25.5 Å². The first-order valence-corrected chi connectivity index (χ1v) is 12.2. The molecule has 1 aromatic rings. The number of aliphatic carboxylic acids is 1. The highest BCUT2D eigenvalue weighted by molar-refractivity contribution is 5.85. The van der Waals surface area contributed by atoms with Crippen LogP contribution in [0.2, 0.25) is 0 Å². The number of likely N-dealkylation sites (tertiary alicyclic amines) is 1. The molecule has 1 aromatic heterocycles. The predicted octanol–water partition coefficient (Wildman–Crippen LogP) is 2.88. The first-order valence-electron chi connectivity index (χ1n) is 12.2. The van der Waals surface area contributed by atoms with Gasteiger partial charge in [-0.3, -0.25) is 4.79 Å². The molecule has 2 aliphatic heterocycles. The number of aromatic nitrogens is 1. The van der Waals surface area contributed by atoms with E-state index in [9.17, 15) is 22.8 Å². The van der Waals surface area contributed by atoms with Crippen LogP contribution in [0.4, 0.5) is 23.8 Å². The van der Waals surface area contributed by atoms with Crippen LogP contribution in [-0.4, -0.2) is 77.8 Å². The summed E-state index contributed by atoms with van der Waals surface area (Å²) in [4.78, 5) is 43.7. The van der Waals surface area contributed by atoms with Gasteiger partial charge in [0.1, 0.15) is 5.82 Å². The molecule has 0 radical (unpaired) electrons. The second kappa shape index (κ2) is 11.3. The van der Waals surface area contributed by atoms with Crippen molar-refractivity contribution in [2.45, 2.75) is 51.7 Å². The monoisotopic (exact) mass is 513 g/mol. The number of carboxylic acid groups (broad SMARTS) is 1. The zero-order valence-corrected chi connectivity index (χ0v) is 20.6. The third-order valence-electron chi connectivity index (χ3n) is 6.80. The third kappa shape index (κ3) is 7.01. The Balaban J connectivity index is 0.000000454. The van der Waals surface area contributed by atoms with E-state index >= 15 is 0 Å². The number of alkyl halides is 3. The van der Waals surface area contributed by atoms with Crippen molar-refractivity contribution in [2.24, 2.45) is 17.3 Å². The summed E-state index contributed by atoms with van der Waals surface area (Å²) >= 11 is 0. The number of halogens is 3. The topological polar surface area (TPSA) is 115 Å². The quantitative estimate of drug-likeness (QED) is 0.558. The van der Waals surface area contributed by atoms with E-state index in [0.717, 1.165) is 31.7 Å². The Morgan fingerprint density at radius 1 is 1.22 bits per heavy atom. The lowest BCUT2D eigenvalue weighted by Gasteiger charge is -2.32. The van der Waals surface area contributed by atoms with Crippen LogP contribution in [0.5, 0.6) is 0 Å². The average molecular weight is 514 g/mol. The lowest BCUT2D eigenvalue weighted by atomic mass is 9.74. The molecule has 0 aromatic carbocycles. The van der Waals surface area contributed by atoms with E-state index in [1.807, 2.05) is 36.9 Å². The predicted molar refractivity (Wildman–Crippen MR) is 126 cm³/mol. The molecule has 1 saturated carbocycles. The summed E-state index contributed by atoms with van der Waals surface area (Å²) in [5.74, 6) is -0.926. The highest BCUT2D eigenvalue weighted by atomic mass is 19.4. The van der Waals surface area contributed by atoms with Gasteiger partial charge in [-0.2, -0.15) is 13.2 Å². The summed E-state index contributed by atoms with van der Waals surface area (Å²) in [6, 6.07) is 5.98. The van der Waals surface area contributed by atoms with Gasteiger partial charge in [0.05, 0.1) is 5.41 Å². The minimum Gasteiger partial charge on any atom is -0.475 e. The zero-order valence-electron chi connectivity index (χ0n) is 20.6. The number of urea groups is 1. The molecule has 0 unspecified atom stereocenters. The number of carbonyl (C=O) groups is 3. The number of nitrogens with zero attached hydrogens (tertiary/aromatic N) is 3. The summed E-state index contributed by atoms with van der Waals surface area (Å²) in [7, 11) is 0. The number of carboxylic acids is 1. The maximum atomic E-state index is 13.4. The number of fused-ring (bicyclic) bond motifs is 1. The molecule has 0 spiro atoms. The number of hydrogen-bond acceptors (Lipinski definition) is 5. The average Bonchev–Trinajstić information content (AvgIpc) is 3.60. The fraction of sp³-hybridized carbons (Fsp3) is 0.667. The number of amides is 3. The van der Waals surface area contributed by atoms with E-state index in [2.05, 4.69) is 20.5 Å². The minimum absolute atomic E-state index is 0.0227. The van der Waals surface area contributed by atoms with Gasteiger partial charge in [-0.15, -0.1) is 0 Å². The Hall–Kier alpha value is -3.05. The Morgan fingerprint density at radius 3 is 2.47 bits per heavy atom. The number of pyridine rings is 1. The van der Waals surface area contributed by atoms with Gasteiger partial charge in [0.15, 0.2) is 0 Å². The van der Waals surface area contributed by atoms with Crippen LogP contribution >= 0.6 is 0 Å². The van der Waals surface area contributed by atoms with Gasteiger partial charge in [-0.1, -0.05) is 6.07 Å². The van der Waals surface area contributed by atoms with Gasteiger partial charge in [0.2, 0.25) is 5.91 Å². The zero-order chi connectivity index (χ0) is 26.5. The smallest absolute Gasteiger partial charge is 0.475 e. The van der Waals surface area contributed by atoms with Crippen LogP contribution in [0.3, 0.4) is 0 Å². The minimum atomic E-state index is -5.08. The molecule has 3 N–H and O–H groups in total. The van der Waals surface area contributed by atoms with Crippen molar-refractivity contribution < 1.29 is 32.7 Å². The number of nitrogens with one attached hydrogen (secondary N) is 2. The van der Waals surface area contributed by atoms with E-state index < -0.39 is 17.6 Å². The fourth-order valence-electron chi connectivity index (χ4n) is 4.78. The van der Waals surface area contributed by atoms with Crippen LogP contribution < -0.4 is 15.5 Å². The van der Waals surface area contributed by atoms with E-state index in [1.165, 1.54) is 12.8 Å². The Bertz CT molecular complexity index is 926. The van der Waals surface area contributed by atoms with Crippen molar-refractivity contribution in [1.29, 1.82) is 0 Å². The molecule has 200 valence electrons. The number of rotatable bonds is 5. The fourth-order valence-corrected chi connectivity index (χ4v) is 4.78. The molecule has 4 rings (SSSR count). The van der Waals surface area contributed by atoms with Gasteiger partial charge in [0, 0.05) is 50.9 Å². The Morgan fingerprint density at radius 2 is 1.92 bits per heavy atom. The number of anilines is 1. The summed E-state index contributed by atoms with van der Waals surface area (Å²) in [6.07, 6.45) is 0.809. The molecule has 9 nitrogen and oxygen atoms in total. The van der Waals surface area contributed by atoms with Gasteiger partial charge in [-0.25, -0.2) is 14.6 Å². The molecule has 3 heterocycles.